The first-order chi connectivity index (χ1) is 10.4. The van der Waals surface area contributed by atoms with Crippen LogP contribution in [-0.4, -0.2) is 38.4 Å². The van der Waals surface area contributed by atoms with Crippen LogP contribution in [0.3, 0.4) is 0 Å². The highest BCUT2D eigenvalue weighted by atomic mass is 32.2. The van der Waals surface area contributed by atoms with Gasteiger partial charge in [-0.25, -0.2) is 17.1 Å². The highest BCUT2D eigenvalue weighted by Crippen LogP contribution is 2.22. The molecule has 1 heterocycles. The van der Waals surface area contributed by atoms with Crippen LogP contribution < -0.4 is 0 Å². The van der Waals surface area contributed by atoms with Crippen molar-refractivity contribution in [1.82, 2.24) is 4.31 Å². The average Bonchev–Trinajstić information content (AvgIpc) is 2.50. The summed E-state index contributed by atoms with van der Waals surface area (Å²) in [4.78, 5) is 11.8. The third-order valence-corrected chi connectivity index (χ3v) is 5.48. The second-order valence-corrected chi connectivity index (χ2v) is 7.30. The third kappa shape index (κ3) is 4.27. The zero-order valence-corrected chi connectivity index (χ0v) is 13.3. The molecule has 1 aliphatic heterocycles. The van der Waals surface area contributed by atoms with Crippen molar-refractivity contribution < 1.29 is 22.3 Å². The summed E-state index contributed by atoms with van der Waals surface area (Å²) in [5.74, 6) is -1.34. The van der Waals surface area contributed by atoms with Crippen molar-refractivity contribution in [2.24, 2.45) is 5.92 Å². The highest BCUT2D eigenvalue weighted by Gasteiger charge is 2.33. The molecule has 1 fully saturated rings. The second-order valence-electron chi connectivity index (χ2n) is 5.33. The Hall–Kier alpha value is -1.47. The number of ether oxygens (including phenoxy) is 1. The molecule has 1 aromatic rings. The first-order valence-corrected chi connectivity index (χ1v) is 8.92. The zero-order chi connectivity index (χ0) is 16.2. The molecule has 122 valence electrons. The molecule has 0 spiro atoms. The van der Waals surface area contributed by atoms with Gasteiger partial charge in [0, 0.05) is 13.1 Å². The molecule has 0 saturated carbocycles. The first-order valence-electron chi connectivity index (χ1n) is 7.31. The molecule has 1 unspecified atom stereocenters. The Bertz CT molecular complexity index is 615. The molecule has 1 aromatic carbocycles. The summed E-state index contributed by atoms with van der Waals surface area (Å²) in [5, 5.41) is 0. The number of esters is 1. The van der Waals surface area contributed by atoms with Gasteiger partial charge in [-0.1, -0.05) is 12.1 Å². The molecule has 0 amide bonds. The van der Waals surface area contributed by atoms with Gasteiger partial charge in [-0.3, -0.25) is 4.79 Å². The van der Waals surface area contributed by atoms with Gasteiger partial charge < -0.3 is 4.74 Å². The van der Waals surface area contributed by atoms with Crippen LogP contribution in [0, 0.1) is 11.7 Å². The van der Waals surface area contributed by atoms with Crippen LogP contribution >= 0.6 is 0 Å². The van der Waals surface area contributed by atoms with E-state index in [1.54, 1.807) is 6.92 Å². The third-order valence-electron chi connectivity index (χ3n) is 3.66. The minimum absolute atomic E-state index is 0.155. The lowest BCUT2D eigenvalue weighted by molar-refractivity contribution is -0.149. The molecule has 5 nitrogen and oxygen atoms in total. The fourth-order valence-corrected chi connectivity index (χ4v) is 4.14. The quantitative estimate of drug-likeness (QED) is 0.774. The molecule has 0 aliphatic carbocycles. The maximum atomic E-state index is 12.9. The van der Waals surface area contributed by atoms with Crippen molar-refractivity contribution in [1.29, 1.82) is 0 Å². The summed E-state index contributed by atoms with van der Waals surface area (Å²) in [6, 6.07) is 5.39. The fourth-order valence-electron chi connectivity index (χ4n) is 2.53. The molecular formula is C15H20FNO4S. The molecule has 1 atom stereocenters. The van der Waals surface area contributed by atoms with E-state index >= 15 is 0 Å². The van der Waals surface area contributed by atoms with Gasteiger partial charge in [-0.15, -0.1) is 0 Å². The van der Waals surface area contributed by atoms with Crippen LogP contribution in [0.5, 0.6) is 0 Å². The van der Waals surface area contributed by atoms with E-state index in [0.717, 1.165) is 0 Å². The number of halogens is 1. The van der Waals surface area contributed by atoms with E-state index in [0.29, 0.717) is 24.9 Å². The Balaban J connectivity index is 2.05. The van der Waals surface area contributed by atoms with E-state index in [9.17, 15) is 17.6 Å². The first kappa shape index (κ1) is 16.9. The van der Waals surface area contributed by atoms with E-state index < -0.39 is 21.8 Å². The predicted octanol–water partition coefficient (Wildman–Crippen LogP) is 1.93. The van der Waals surface area contributed by atoms with Crippen molar-refractivity contribution in [3.63, 3.8) is 0 Å². The standard InChI is InChI=1S/C15H20FNO4S/c1-2-21-15(18)13-4-3-9-17(10-13)22(19,20)11-12-5-7-14(16)8-6-12/h5-8,13H,2-4,9-11H2,1H3. The lowest BCUT2D eigenvalue weighted by Crippen LogP contribution is -2.43. The molecule has 1 saturated heterocycles. The van der Waals surface area contributed by atoms with Gasteiger partial charge in [-0.2, -0.15) is 0 Å². The summed E-state index contributed by atoms with van der Waals surface area (Å²) in [6.45, 7) is 2.57. The predicted molar refractivity (Wildman–Crippen MR) is 80.0 cm³/mol. The van der Waals surface area contributed by atoms with Gasteiger partial charge in [-0.05, 0) is 37.5 Å². The molecule has 0 radical (unpaired) electrons. The topological polar surface area (TPSA) is 63.7 Å². The van der Waals surface area contributed by atoms with Gasteiger partial charge in [0.15, 0.2) is 0 Å². The van der Waals surface area contributed by atoms with Crippen LogP contribution in [0.15, 0.2) is 24.3 Å². The highest BCUT2D eigenvalue weighted by molar-refractivity contribution is 7.88. The van der Waals surface area contributed by atoms with Crippen molar-refractivity contribution >= 4 is 16.0 Å². The summed E-state index contributed by atoms with van der Waals surface area (Å²) in [6.07, 6.45) is 1.27. The van der Waals surface area contributed by atoms with Gasteiger partial charge in [0.2, 0.25) is 10.0 Å². The zero-order valence-electron chi connectivity index (χ0n) is 12.5. The minimum Gasteiger partial charge on any atom is -0.466 e. The largest absolute Gasteiger partial charge is 0.466 e. The Morgan fingerprint density at radius 2 is 2.05 bits per heavy atom. The number of hydrogen-bond acceptors (Lipinski definition) is 4. The smallest absolute Gasteiger partial charge is 0.310 e. The number of carbonyl (C=O) groups excluding carboxylic acids is 1. The molecule has 2 rings (SSSR count). The summed E-state index contributed by atoms with van der Waals surface area (Å²) in [7, 11) is -3.53. The number of sulfonamides is 1. The SMILES string of the molecule is CCOC(=O)C1CCCN(S(=O)(=O)Cc2ccc(F)cc2)C1. The van der Waals surface area contributed by atoms with E-state index in [1.165, 1.54) is 28.6 Å². The Morgan fingerprint density at radius 1 is 1.36 bits per heavy atom. The van der Waals surface area contributed by atoms with Crippen LogP contribution in [0.2, 0.25) is 0 Å². The lowest BCUT2D eigenvalue weighted by Gasteiger charge is -2.30. The number of nitrogens with zero attached hydrogens (tertiary/aromatic N) is 1. The number of benzene rings is 1. The minimum atomic E-state index is -3.53. The van der Waals surface area contributed by atoms with Crippen molar-refractivity contribution in [2.45, 2.75) is 25.5 Å². The molecule has 22 heavy (non-hydrogen) atoms. The molecule has 0 bridgehead atoms. The monoisotopic (exact) mass is 329 g/mol. The lowest BCUT2D eigenvalue weighted by atomic mass is 10.0. The van der Waals surface area contributed by atoms with E-state index in [2.05, 4.69) is 0 Å². The van der Waals surface area contributed by atoms with Crippen molar-refractivity contribution in [2.75, 3.05) is 19.7 Å². The maximum absolute atomic E-state index is 12.9. The van der Waals surface area contributed by atoms with Gasteiger partial charge in [0.05, 0.1) is 18.3 Å². The van der Waals surface area contributed by atoms with Crippen LogP contribution in [-0.2, 0) is 25.3 Å². The van der Waals surface area contributed by atoms with Crippen LogP contribution in [0.25, 0.3) is 0 Å². The van der Waals surface area contributed by atoms with Gasteiger partial charge in [0.25, 0.3) is 0 Å². The molecule has 1 aliphatic rings. The molecule has 7 heteroatoms. The van der Waals surface area contributed by atoms with E-state index in [1.807, 2.05) is 0 Å². The molecule has 0 N–H and O–H groups in total. The second kappa shape index (κ2) is 7.19. The van der Waals surface area contributed by atoms with Crippen molar-refractivity contribution in [3.05, 3.63) is 35.6 Å². The van der Waals surface area contributed by atoms with Crippen LogP contribution in [0.1, 0.15) is 25.3 Å². The Kier molecular flexibility index (Phi) is 5.52. The van der Waals surface area contributed by atoms with Crippen molar-refractivity contribution in [3.8, 4) is 0 Å². The van der Waals surface area contributed by atoms with Gasteiger partial charge >= 0.3 is 5.97 Å². The number of carbonyl (C=O) groups is 1. The maximum Gasteiger partial charge on any atom is 0.310 e. The summed E-state index contributed by atoms with van der Waals surface area (Å²) >= 11 is 0. The van der Waals surface area contributed by atoms with Crippen LogP contribution in [0.4, 0.5) is 4.39 Å². The van der Waals surface area contributed by atoms with E-state index in [4.69, 9.17) is 4.74 Å². The molecule has 0 aromatic heterocycles. The Labute approximate surface area is 130 Å². The number of piperidine rings is 1. The molecular weight excluding hydrogens is 309 g/mol. The fraction of sp³-hybridized carbons (Fsp3) is 0.533. The van der Waals surface area contributed by atoms with E-state index in [-0.39, 0.29) is 24.9 Å². The number of hydrogen-bond donors (Lipinski definition) is 0. The van der Waals surface area contributed by atoms with Gasteiger partial charge in [0.1, 0.15) is 5.82 Å². The summed E-state index contributed by atoms with van der Waals surface area (Å²) < 4.78 is 44.1. The number of rotatable bonds is 5. The Morgan fingerprint density at radius 3 is 2.68 bits per heavy atom. The summed E-state index contributed by atoms with van der Waals surface area (Å²) in [5.41, 5.74) is 0.527. The average molecular weight is 329 g/mol. The normalized spacial score (nSPS) is 19.8.